The van der Waals surface area contributed by atoms with E-state index in [1.807, 2.05) is 0 Å². The van der Waals surface area contributed by atoms with Crippen molar-refractivity contribution in [1.82, 2.24) is 0 Å². The Balaban J connectivity index is 0.0000116. The van der Waals surface area contributed by atoms with Crippen LogP contribution in [0.4, 0.5) is 0 Å². The molecule has 1 rings (SSSR count). The summed E-state index contributed by atoms with van der Waals surface area (Å²) in [5.74, 6) is -0.734. The van der Waals surface area contributed by atoms with Crippen LogP contribution in [0.15, 0.2) is 17.1 Å². The van der Waals surface area contributed by atoms with E-state index in [0.29, 0.717) is 25.3 Å². The molecule has 198 valence electrons. The van der Waals surface area contributed by atoms with Crippen LogP contribution in [-0.4, -0.2) is 83.9 Å². The van der Waals surface area contributed by atoms with Crippen LogP contribution in [0.1, 0.15) is 90.4 Å². The predicted molar refractivity (Wildman–Crippen MR) is 135 cm³/mol. The summed E-state index contributed by atoms with van der Waals surface area (Å²) in [5.41, 5.74) is 0. The Kier molecular flexibility index (Phi) is 19.8. The van der Waals surface area contributed by atoms with Gasteiger partial charge in [-0.05, 0) is 32.1 Å². The predicted octanol–water partition coefficient (Wildman–Crippen LogP) is 0.334. The maximum Gasteiger partial charge on any atom is 1.00 e. The molecule has 0 aromatic carbocycles. The quantitative estimate of drug-likeness (QED) is 0.0731. The van der Waals surface area contributed by atoms with E-state index in [2.05, 4.69) is 24.1 Å². The zero-order valence-electron chi connectivity index (χ0n) is 22.0. The molecule has 0 radical (unpaired) electrons. The number of carbonyl (C=O) groups is 1. The van der Waals surface area contributed by atoms with Crippen LogP contribution >= 0.6 is 0 Å². The molecule has 0 aromatic heterocycles. The number of rotatable bonds is 21. The van der Waals surface area contributed by atoms with Gasteiger partial charge in [0.2, 0.25) is 5.78 Å². The first-order valence-electron chi connectivity index (χ1n) is 13.1. The van der Waals surface area contributed by atoms with Gasteiger partial charge < -0.3 is 14.8 Å². The largest absolute Gasteiger partial charge is 1.00 e. The summed E-state index contributed by atoms with van der Waals surface area (Å²) in [7, 11) is -4.58. The van der Waals surface area contributed by atoms with Crippen LogP contribution in [0.25, 0.3) is 0 Å². The van der Waals surface area contributed by atoms with Crippen LogP contribution in [0.5, 0.6) is 0 Å². The van der Waals surface area contributed by atoms with Gasteiger partial charge in [0.15, 0.2) is 0 Å². The molecular formula is C25H46N2NaO6S+. The fourth-order valence-corrected chi connectivity index (χ4v) is 5.19. The Morgan fingerprint density at radius 1 is 1.06 bits per heavy atom. The van der Waals surface area contributed by atoms with Crippen LogP contribution in [-0.2, 0) is 14.9 Å². The standard InChI is InChI=1S/C25H46N2O6S.Na/c1-2-3-4-5-6-7-8-9-10-11-12-13-14-15-16-24(30)25-26-17-18-27(25,19-20-28)21-23(29)22-34(31,32)33;/h6-7,23,28-29H,2-5,8-22H2,1H3;/q;+1/b7-6+;. The summed E-state index contributed by atoms with van der Waals surface area (Å²) in [6, 6.07) is 0. The van der Waals surface area contributed by atoms with Crippen molar-refractivity contribution in [2.24, 2.45) is 4.99 Å². The Bertz CT molecular complexity index is 744. The van der Waals surface area contributed by atoms with Crippen molar-refractivity contribution in [2.75, 3.05) is 38.5 Å². The SMILES string of the molecule is CCCCC/C=C/CCCCCCCCCC(=O)C1=NCC[N+]1(CCO)CC(O)CS(=O)(=O)[O-].[Na+]. The molecule has 0 amide bonds. The monoisotopic (exact) mass is 525 g/mol. The number of Topliss-reactive ketones (excluding diaryl/α,β-unsaturated/α-hetero) is 1. The number of aliphatic imine (C=N–C) groups is 1. The molecule has 1 aliphatic rings. The fraction of sp³-hybridized carbons (Fsp3) is 0.840. The maximum absolute atomic E-state index is 12.8. The summed E-state index contributed by atoms with van der Waals surface area (Å²) in [6.45, 7) is 2.84. The summed E-state index contributed by atoms with van der Waals surface area (Å²) >= 11 is 0. The molecule has 0 saturated carbocycles. The molecule has 0 aliphatic carbocycles. The molecule has 0 fully saturated rings. The first-order chi connectivity index (χ1) is 16.2. The van der Waals surface area contributed by atoms with Crippen molar-refractivity contribution >= 4 is 21.7 Å². The summed E-state index contributed by atoms with van der Waals surface area (Å²) < 4.78 is 32.9. The number of amidine groups is 1. The van der Waals surface area contributed by atoms with Gasteiger partial charge in [-0.1, -0.05) is 64.0 Å². The van der Waals surface area contributed by atoms with E-state index < -0.39 is 22.0 Å². The van der Waals surface area contributed by atoms with Gasteiger partial charge in [0.1, 0.15) is 25.7 Å². The van der Waals surface area contributed by atoms with Crippen LogP contribution in [0, 0.1) is 0 Å². The number of aliphatic hydroxyl groups excluding tert-OH is 2. The van der Waals surface area contributed by atoms with Gasteiger partial charge >= 0.3 is 29.6 Å². The molecule has 0 bridgehead atoms. The number of unbranched alkanes of at least 4 members (excludes halogenated alkanes) is 10. The van der Waals surface area contributed by atoms with E-state index >= 15 is 0 Å². The minimum Gasteiger partial charge on any atom is -0.748 e. The number of aliphatic hydroxyl groups is 2. The number of nitrogens with zero attached hydrogens (tertiary/aromatic N) is 2. The molecule has 0 aromatic rings. The Morgan fingerprint density at radius 3 is 2.20 bits per heavy atom. The molecule has 8 nitrogen and oxygen atoms in total. The van der Waals surface area contributed by atoms with Gasteiger partial charge in [-0.2, -0.15) is 0 Å². The number of allylic oxidation sites excluding steroid dienone is 2. The number of quaternary nitrogens is 1. The van der Waals surface area contributed by atoms with Crippen molar-refractivity contribution in [2.45, 2.75) is 96.5 Å². The molecule has 35 heavy (non-hydrogen) atoms. The molecule has 10 heteroatoms. The van der Waals surface area contributed by atoms with Crippen molar-refractivity contribution in [1.29, 1.82) is 0 Å². The van der Waals surface area contributed by atoms with Gasteiger partial charge in [0.25, 0.3) is 5.84 Å². The maximum atomic E-state index is 12.8. The minimum atomic E-state index is -4.58. The van der Waals surface area contributed by atoms with E-state index in [-0.39, 0.29) is 59.5 Å². The molecular weight excluding hydrogens is 479 g/mol. The van der Waals surface area contributed by atoms with Crippen LogP contribution < -0.4 is 29.6 Å². The van der Waals surface area contributed by atoms with Crippen molar-refractivity contribution < 1.29 is 62.0 Å². The Morgan fingerprint density at radius 2 is 1.63 bits per heavy atom. The van der Waals surface area contributed by atoms with Crippen molar-refractivity contribution in [3.63, 3.8) is 0 Å². The molecule has 1 heterocycles. The molecule has 2 unspecified atom stereocenters. The first kappa shape index (κ1) is 34.9. The van der Waals surface area contributed by atoms with Gasteiger partial charge in [-0.3, -0.25) is 9.28 Å². The normalized spacial score (nSPS) is 19.0. The fourth-order valence-electron chi connectivity index (χ4n) is 4.62. The van der Waals surface area contributed by atoms with Gasteiger partial charge in [-0.25, -0.2) is 13.4 Å². The Hall–Kier alpha value is -0.130. The average molecular weight is 526 g/mol. The van der Waals surface area contributed by atoms with E-state index in [1.165, 1.54) is 44.9 Å². The molecule has 2 atom stereocenters. The van der Waals surface area contributed by atoms with E-state index in [1.54, 1.807) is 0 Å². The molecule has 1 aliphatic heterocycles. The number of ketones is 1. The summed E-state index contributed by atoms with van der Waals surface area (Å²) in [5, 5.41) is 19.6. The van der Waals surface area contributed by atoms with Crippen molar-refractivity contribution in [3.8, 4) is 0 Å². The number of carbonyl (C=O) groups excluding carboxylic acids is 1. The Labute approximate surface area is 234 Å². The minimum absolute atomic E-state index is 0. The third-order valence-corrected chi connectivity index (χ3v) is 7.18. The first-order valence-corrected chi connectivity index (χ1v) is 14.6. The average Bonchev–Trinajstić information content (AvgIpc) is 3.15. The van der Waals surface area contributed by atoms with Gasteiger partial charge in [-0.15, -0.1) is 0 Å². The third-order valence-electron chi connectivity index (χ3n) is 6.39. The third kappa shape index (κ3) is 15.7. The van der Waals surface area contributed by atoms with E-state index in [0.717, 1.165) is 32.1 Å². The summed E-state index contributed by atoms with van der Waals surface area (Å²) in [4.78, 5) is 17.2. The van der Waals surface area contributed by atoms with Gasteiger partial charge in [0, 0.05) is 6.42 Å². The smallest absolute Gasteiger partial charge is 0.748 e. The van der Waals surface area contributed by atoms with Crippen LogP contribution in [0.3, 0.4) is 0 Å². The van der Waals surface area contributed by atoms with Gasteiger partial charge in [0.05, 0.1) is 29.0 Å². The van der Waals surface area contributed by atoms with Crippen molar-refractivity contribution in [3.05, 3.63) is 12.2 Å². The topological polar surface area (TPSA) is 127 Å². The van der Waals surface area contributed by atoms with Crippen LogP contribution in [0.2, 0.25) is 0 Å². The van der Waals surface area contributed by atoms with E-state index in [4.69, 9.17) is 0 Å². The second-order valence-corrected chi connectivity index (χ2v) is 10.9. The number of hydrogen-bond donors (Lipinski definition) is 2. The molecule has 0 saturated heterocycles. The zero-order valence-corrected chi connectivity index (χ0v) is 24.8. The summed E-state index contributed by atoms with van der Waals surface area (Å²) in [6.07, 6.45) is 17.4. The van der Waals surface area contributed by atoms with E-state index in [9.17, 15) is 28.0 Å². The second kappa shape index (κ2) is 19.9. The molecule has 2 N–H and O–H groups in total. The zero-order chi connectivity index (χ0) is 25.3. The number of hydrogen-bond acceptors (Lipinski definition) is 7. The molecule has 0 spiro atoms. The second-order valence-electron chi connectivity index (χ2n) is 9.49.